The highest BCUT2D eigenvalue weighted by Crippen LogP contribution is 1.96. The Morgan fingerprint density at radius 1 is 1.38 bits per heavy atom. The molecule has 0 heterocycles. The van der Waals surface area contributed by atoms with Crippen LogP contribution in [0.3, 0.4) is 0 Å². The summed E-state index contributed by atoms with van der Waals surface area (Å²) >= 11 is 3.41. The van der Waals surface area contributed by atoms with Crippen LogP contribution in [-0.4, -0.2) is 37.0 Å². The smallest absolute Gasteiger partial charge is 0.0880 e. The van der Waals surface area contributed by atoms with Crippen LogP contribution < -0.4 is 0 Å². The van der Waals surface area contributed by atoms with Crippen molar-refractivity contribution < 1.29 is 4.48 Å². The number of hydrogen-bond donors (Lipinski definition) is 0. The zero-order valence-electron chi connectivity index (χ0n) is 5.95. The Balaban J connectivity index is 3.37. The highest BCUT2D eigenvalue weighted by atomic mass is 79.9. The molecule has 0 spiro atoms. The van der Waals surface area contributed by atoms with Crippen LogP contribution in [0.15, 0.2) is 0 Å². The average molecular weight is 181 g/mol. The lowest BCUT2D eigenvalue weighted by Crippen LogP contribution is -2.40. The molecule has 0 amide bonds. The number of hydrogen-bond acceptors (Lipinski definition) is 0. The average Bonchev–Trinajstić information content (AvgIpc) is 1.67. The van der Waals surface area contributed by atoms with Gasteiger partial charge in [-0.3, -0.25) is 0 Å². The summed E-state index contributed by atoms with van der Waals surface area (Å²) in [4.78, 5) is 0. The molecule has 0 atom stereocenters. The summed E-state index contributed by atoms with van der Waals surface area (Å²) in [5.74, 6) is 0. The van der Waals surface area contributed by atoms with E-state index in [9.17, 15) is 0 Å². The van der Waals surface area contributed by atoms with Gasteiger partial charge >= 0.3 is 0 Å². The van der Waals surface area contributed by atoms with Crippen molar-refractivity contribution in [3.8, 4) is 0 Å². The summed E-state index contributed by atoms with van der Waals surface area (Å²) in [6, 6.07) is 0. The molecule has 50 valence electrons. The SMILES string of the molecule is CC[N+](C)(C)CCBr. The van der Waals surface area contributed by atoms with Crippen LogP contribution in [0, 0.1) is 0 Å². The lowest BCUT2D eigenvalue weighted by Gasteiger charge is -2.26. The monoisotopic (exact) mass is 180 g/mol. The molecule has 0 aliphatic heterocycles. The van der Waals surface area contributed by atoms with Crippen molar-refractivity contribution >= 4 is 15.9 Å². The topological polar surface area (TPSA) is 0 Å². The fourth-order valence-corrected chi connectivity index (χ4v) is 1.35. The molecule has 0 aliphatic carbocycles. The third-order valence-corrected chi connectivity index (χ3v) is 1.90. The fourth-order valence-electron chi connectivity index (χ4n) is 0.387. The first-order valence-electron chi connectivity index (χ1n) is 3.00. The van der Waals surface area contributed by atoms with E-state index in [4.69, 9.17) is 0 Å². The molecule has 2 heteroatoms. The highest BCUT2D eigenvalue weighted by Gasteiger charge is 2.08. The summed E-state index contributed by atoms with van der Waals surface area (Å²) in [5, 5.41) is 1.10. The van der Waals surface area contributed by atoms with Crippen molar-refractivity contribution in [3.05, 3.63) is 0 Å². The van der Waals surface area contributed by atoms with E-state index in [1.165, 1.54) is 13.1 Å². The molecule has 0 aromatic rings. The van der Waals surface area contributed by atoms with E-state index < -0.39 is 0 Å². The normalized spacial score (nSPS) is 12.0. The molecule has 0 aromatic heterocycles. The number of alkyl halides is 1. The van der Waals surface area contributed by atoms with Gasteiger partial charge in [0.15, 0.2) is 0 Å². The summed E-state index contributed by atoms with van der Waals surface area (Å²) < 4.78 is 1.12. The van der Waals surface area contributed by atoms with Gasteiger partial charge in [-0.2, -0.15) is 0 Å². The number of halogens is 1. The maximum Gasteiger partial charge on any atom is 0.0880 e. The van der Waals surface area contributed by atoms with Crippen LogP contribution >= 0.6 is 15.9 Å². The molecule has 0 aromatic carbocycles. The number of quaternary nitrogens is 1. The molecule has 0 N–H and O–H groups in total. The third kappa shape index (κ3) is 3.44. The number of rotatable bonds is 3. The van der Waals surface area contributed by atoms with Gasteiger partial charge in [-0.05, 0) is 6.92 Å². The second kappa shape index (κ2) is 3.46. The summed E-state index contributed by atoms with van der Waals surface area (Å²) in [6.45, 7) is 4.64. The molecular weight excluding hydrogens is 166 g/mol. The minimum absolute atomic E-state index is 1.10. The fraction of sp³-hybridized carbons (Fsp3) is 1.00. The Hall–Kier alpha value is 0.440. The Bertz CT molecular complexity index is 61.5. The van der Waals surface area contributed by atoms with Gasteiger partial charge in [0.2, 0.25) is 0 Å². The minimum atomic E-state index is 1.10. The molecule has 0 bridgehead atoms. The van der Waals surface area contributed by atoms with Crippen LogP contribution in [-0.2, 0) is 0 Å². The maximum atomic E-state index is 3.41. The zero-order valence-corrected chi connectivity index (χ0v) is 7.53. The Kier molecular flexibility index (Phi) is 3.65. The maximum absolute atomic E-state index is 3.41. The Morgan fingerprint density at radius 2 is 1.88 bits per heavy atom. The van der Waals surface area contributed by atoms with Gasteiger partial charge in [0.25, 0.3) is 0 Å². The number of nitrogens with zero attached hydrogens (tertiary/aromatic N) is 1. The second-order valence-electron chi connectivity index (χ2n) is 2.66. The van der Waals surface area contributed by atoms with Crippen molar-refractivity contribution in [1.29, 1.82) is 0 Å². The van der Waals surface area contributed by atoms with E-state index in [0.29, 0.717) is 0 Å². The third-order valence-electron chi connectivity index (χ3n) is 1.55. The zero-order chi connectivity index (χ0) is 6.62. The lowest BCUT2D eigenvalue weighted by atomic mass is 10.5. The summed E-state index contributed by atoms with van der Waals surface area (Å²) in [7, 11) is 4.47. The van der Waals surface area contributed by atoms with Crippen LogP contribution in [0.2, 0.25) is 0 Å². The molecule has 0 saturated heterocycles. The molecule has 1 nitrogen and oxygen atoms in total. The largest absolute Gasteiger partial charge is 0.328 e. The van der Waals surface area contributed by atoms with Crippen molar-refractivity contribution in [1.82, 2.24) is 0 Å². The van der Waals surface area contributed by atoms with Gasteiger partial charge in [0.05, 0.1) is 32.5 Å². The highest BCUT2D eigenvalue weighted by molar-refractivity contribution is 9.09. The molecule has 0 saturated carbocycles. The van der Waals surface area contributed by atoms with Gasteiger partial charge in [0, 0.05) is 0 Å². The first-order valence-corrected chi connectivity index (χ1v) is 4.12. The summed E-state index contributed by atoms with van der Waals surface area (Å²) in [5.41, 5.74) is 0. The van der Waals surface area contributed by atoms with E-state index in [1.54, 1.807) is 0 Å². The molecule has 0 unspecified atom stereocenters. The van der Waals surface area contributed by atoms with E-state index in [0.717, 1.165) is 9.81 Å². The molecule has 0 radical (unpaired) electrons. The Morgan fingerprint density at radius 3 is 2.00 bits per heavy atom. The van der Waals surface area contributed by atoms with E-state index in [-0.39, 0.29) is 0 Å². The second-order valence-corrected chi connectivity index (χ2v) is 3.46. The first kappa shape index (κ1) is 8.44. The predicted octanol–water partition coefficient (Wildman–Crippen LogP) is 1.48. The van der Waals surface area contributed by atoms with Crippen LogP contribution in [0.5, 0.6) is 0 Å². The standard InChI is InChI=1S/C6H15BrN/c1-4-8(2,3)6-5-7/h4-6H2,1-3H3/q+1. The Labute approximate surface area is 60.4 Å². The van der Waals surface area contributed by atoms with E-state index in [1.807, 2.05) is 0 Å². The van der Waals surface area contributed by atoms with Crippen LogP contribution in [0.1, 0.15) is 6.92 Å². The molecule has 0 aliphatic rings. The molecule has 8 heavy (non-hydrogen) atoms. The lowest BCUT2D eigenvalue weighted by molar-refractivity contribution is -0.885. The van der Waals surface area contributed by atoms with Gasteiger partial charge in [-0.25, -0.2) is 0 Å². The first-order chi connectivity index (χ1) is 3.62. The molecule has 0 fully saturated rings. The predicted molar refractivity (Wildman–Crippen MR) is 41.3 cm³/mol. The van der Waals surface area contributed by atoms with Gasteiger partial charge in [0.1, 0.15) is 0 Å². The van der Waals surface area contributed by atoms with Gasteiger partial charge in [-0.15, -0.1) is 0 Å². The van der Waals surface area contributed by atoms with Crippen molar-refractivity contribution in [2.45, 2.75) is 6.92 Å². The molecule has 0 rings (SSSR count). The van der Waals surface area contributed by atoms with Crippen LogP contribution in [0.25, 0.3) is 0 Å². The quantitative estimate of drug-likeness (QED) is 0.457. The van der Waals surface area contributed by atoms with Crippen LogP contribution in [0.4, 0.5) is 0 Å². The van der Waals surface area contributed by atoms with Crippen molar-refractivity contribution in [2.24, 2.45) is 0 Å². The van der Waals surface area contributed by atoms with Gasteiger partial charge < -0.3 is 4.48 Å². The van der Waals surface area contributed by atoms with Crippen molar-refractivity contribution in [3.63, 3.8) is 0 Å². The van der Waals surface area contributed by atoms with E-state index >= 15 is 0 Å². The summed E-state index contributed by atoms with van der Waals surface area (Å²) in [6.07, 6.45) is 0. The van der Waals surface area contributed by atoms with E-state index in [2.05, 4.69) is 36.9 Å². The van der Waals surface area contributed by atoms with Gasteiger partial charge in [-0.1, -0.05) is 15.9 Å². The van der Waals surface area contributed by atoms with Crippen molar-refractivity contribution in [2.75, 3.05) is 32.5 Å². The minimum Gasteiger partial charge on any atom is -0.328 e. The molecular formula is C6H15BrN+.